The zero-order valence-corrected chi connectivity index (χ0v) is 18.0. The summed E-state index contributed by atoms with van der Waals surface area (Å²) in [6.07, 6.45) is -0.554. The molecule has 0 rings (SSSR count). The van der Waals surface area contributed by atoms with Gasteiger partial charge in [-0.15, -0.1) is 0 Å². The number of hydrogen-bond donors (Lipinski definition) is 0. The molecule has 0 aromatic carbocycles. The summed E-state index contributed by atoms with van der Waals surface area (Å²) in [4.78, 5) is 62.6. The largest absolute Gasteiger partial charge is 0.466 e. The van der Waals surface area contributed by atoms with Crippen LogP contribution in [0.3, 0.4) is 0 Å². The van der Waals surface area contributed by atoms with E-state index < -0.39 is 30.5 Å². The number of Topliss-reactive ketones (excluding diaryl/α,β-unsaturated/α-hetero) is 2. The van der Waals surface area contributed by atoms with Gasteiger partial charge >= 0.3 is 23.9 Å². The van der Waals surface area contributed by atoms with Gasteiger partial charge in [-0.25, -0.2) is 4.79 Å². The summed E-state index contributed by atoms with van der Waals surface area (Å²) < 4.78 is 17.8. The Morgan fingerprint density at radius 3 is 1.37 bits per heavy atom. The summed E-state index contributed by atoms with van der Waals surface area (Å²) in [7, 11) is 0. The van der Waals surface area contributed by atoms with Gasteiger partial charge in [-0.05, 0) is 34.6 Å². The van der Waals surface area contributed by atoms with E-state index in [1.807, 2.05) is 0 Å². The Hall–Kier alpha value is -3.29. The fourth-order valence-corrected chi connectivity index (χ4v) is 1.29. The molecule has 0 atom stereocenters. The van der Waals surface area contributed by atoms with Crippen molar-refractivity contribution in [2.24, 2.45) is 0 Å². The smallest absolute Gasteiger partial charge is 0.344 e. The third-order valence-electron chi connectivity index (χ3n) is 2.28. The molecule has 0 saturated carbocycles. The fourth-order valence-electron chi connectivity index (χ4n) is 1.29. The Bertz CT molecular complexity index is 607. The quantitative estimate of drug-likeness (QED) is 0.276. The van der Waals surface area contributed by atoms with Gasteiger partial charge < -0.3 is 18.9 Å². The van der Waals surface area contributed by atoms with E-state index in [4.69, 9.17) is 5.26 Å². The molecule has 11 nitrogen and oxygen atoms in total. The van der Waals surface area contributed by atoms with Crippen molar-refractivity contribution in [1.82, 2.24) is 0 Å². The van der Waals surface area contributed by atoms with Crippen LogP contribution in [0.1, 0.15) is 53.9 Å². The van der Waals surface area contributed by atoms with E-state index in [0.29, 0.717) is 13.2 Å². The van der Waals surface area contributed by atoms with Gasteiger partial charge in [0, 0.05) is 0 Å². The number of esters is 4. The summed E-state index contributed by atoms with van der Waals surface area (Å²) in [5, 5.41) is 7.91. The van der Waals surface area contributed by atoms with Gasteiger partial charge in [0.05, 0.1) is 25.9 Å². The lowest BCUT2D eigenvalue weighted by Crippen LogP contribution is -2.17. The highest BCUT2D eigenvalue weighted by Gasteiger charge is 2.09. The third-order valence-corrected chi connectivity index (χ3v) is 2.28. The Kier molecular flexibility index (Phi) is 23.0. The van der Waals surface area contributed by atoms with Crippen LogP contribution in [0.5, 0.6) is 0 Å². The number of carbonyl (C=O) groups is 6. The van der Waals surface area contributed by atoms with E-state index in [1.165, 1.54) is 13.8 Å². The highest BCUT2D eigenvalue weighted by Crippen LogP contribution is 1.89. The minimum absolute atomic E-state index is 0.103. The Morgan fingerprint density at radius 1 is 0.633 bits per heavy atom. The third kappa shape index (κ3) is 29.5. The zero-order valence-electron chi connectivity index (χ0n) is 18.0. The standard InChI is InChI=1S/C8H12O5.C6H10O3.C5H7NO2/c1-3-12-8(11)5-13-7(10)4-6(2)9;1-3-9-6(8)4-5(2)7;1-2-8-5(7)3-4-6/h3-5H2,1-2H3;3-4H2,1-2H3;2-3H2,1H3. The predicted molar refractivity (Wildman–Crippen MR) is 102 cm³/mol. The Labute approximate surface area is 175 Å². The molecule has 0 bridgehead atoms. The van der Waals surface area contributed by atoms with Gasteiger partial charge in [-0.1, -0.05) is 0 Å². The summed E-state index contributed by atoms with van der Waals surface area (Å²) in [6.45, 7) is 8.18. The van der Waals surface area contributed by atoms with E-state index >= 15 is 0 Å². The second-order valence-corrected chi connectivity index (χ2v) is 5.17. The van der Waals surface area contributed by atoms with Crippen LogP contribution in [0.2, 0.25) is 0 Å². The van der Waals surface area contributed by atoms with Crippen LogP contribution in [0.25, 0.3) is 0 Å². The summed E-state index contributed by atoms with van der Waals surface area (Å²) in [5.74, 6) is -2.66. The fraction of sp³-hybridized carbons (Fsp3) is 0.632. The monoisotopic (exact) mass is 431 g/mol. The van der Waals surface area contributed by atoms with Crippen molar-refractivity contribution < 1.29 is 47.7 Å². The van der Waals surface area contributed by atoms with E-state index in [-0.39, 0.29) is 37.4 Å². The molecule has 0 fully saturated rings. The summed E-state index contributed by atoms with van der Waals surface area (Å²) >= 11 is 0. The molecule has 0 N–H and O–H groups in total. The Balaban J connectivity index is -0.000000379. The van der Waals surface area contributed by atoms with Crippen molar-refractivity contribution in [1.29, 1.82) is 5.26 Å². The number of ketones is 2. The number of nitriles is 1. The lowest BCUT2D eigenvalue weighted by Gasteiger charge is -2.02. The topological polar surface area (TPSA) is 163 Å². The first-order valence-electron chi connectivity index (χ1n) is 9.02. The molecular weight excluding hydrogens is 402 g/mol. The maximum absolute atomic E-state index is 10.7. The van der Waals surface area contributed by atoms with Crippen LogP contribution in [0.4, 0.5) is 0 Å². The van der Waals surface area contributed by atoms with Crippen molar-refractivity contribution in [3.8, 4) is 6.07 Å². The molecule has 0 aliphatic heterocycles. The second-order valence-electron chi connectivity index (χ2n) is 5.17. The number of hydrogen-bond acceptors (Lipinski definition) is 11. The van der Waals surface area contributed by atoms with Gasteiger partial charge in [-0.3, -0.25) is 24.0 Å². The molecule has 11 heteroatoms. The lowest BCUT2D eigenvalue weighted by molar-refractivity contribution is -0.159. The zero-order chi connectivity index (χ0) is 23.9. The molecule has 0 unspecified atom stereocenters. The van der Waals surface area contributed by atoms with Gasteiger partial charge in [-0.2, -0.15) is 5.26 Å². The second kappa shape index (κ2) is 22.0. The van der Waals surface area contributed by atoms with Crippen molar-refractivity contribution >= 4 is 35.4 Å². The molecule has 30 heavy (non-hydrogen) atoms. The van der Waals surface area contributed by atoms with Gasteiger partial charge in [0.25, 0.3) is 0 Å². The van der Waals surface area contributed by atoms with Crippen molar-refractivity contribution in [2.45, 2.75) is 53.9 Å². The molecular formula is C19H29NO10. The minimum atomic E-state index is -0.708. The van der Waals surface area contributed by atoms with Crippen molar-refractivity contribution in [2.75, 3.05) is 26.4 Å². The molecule has 0 aliphatic rings. The van der Waals surface area contributed by atoms with Crippen molar-refractivity contribution in [3.63, 3.8) is 0 Å². The summed E-state index contributed by atoms with van der Waals surface area (Å²) in [6, 6.07) is 1.68. The number of rotatable bonds is 10. The van der Waals surface area contributed by atoms with Gasteiger partial charge in [0.15, 0.2) is 6.61 Å². The highest BCUT2D eigenvalue weighted by molar-refractivity contribution is 5.94. The van der Waals surface area contributed by atoms with E-state index in [1.54, 1.807) is 26.8 Å². The molecule has 0 saturated heterocycles. The van der Waals surface area contributed by atoms with Crippen molar-refractivity contribution in [3.05, 3.63) is 0 Å². The predicted octanol–water partition coefficient (Wildman–Crippen LogP) is 1.06. The van der Waals surface area contributed by atoms with Crippen LogP contribution in [-0.4, -0.2) is 61.9 Å². The number of nitrogens with zero attached hydrogens (tertiary/aromatic N) is 1. The van der Waals surface area contributed by atoms with Crippen LogP contribution in [0.15, 0.2) is 0 Å². The first-order chi connectivity index (χ1) is 14.0. The van der Waals surface area contributed by atoms with Crippen LogP contribution in [0, 0.1) is 11.3 Å². The molecule has 0 heterocycles. The SMILES string of the molecule is CCOC(=O)CC#N.CCOC(=O)CC(C)=O.CCOC(=O)COC(=O)CC(C)=O. The molecule has 0 radical (unpaired) electrons. The normalized spacial score (nSPS) is 8.53. The average Bonchev–Trinajstić information content (AvgIpc) is 2.61. The maximum Gasteiger partial charge on any atom is 0.344 e. The highest BCUT2D eigenvalue weighted by atomic mass is 16.6. The van der Waals surface area contributed by atoms with E-state index in [0.717, 1.165) is 0 Å². The summed E-state index contributed by atoms with van der Waals surface area (Å²) in [5.41, 5.74) is 0. The average molecular weight is 431 g/mol. The van der Waals surface area contributed by atoms with Crippen LogP contribution >= 0.6 is 0 Å². The minimum Gasteiger partial charge on any atom is -0.466 e. The lowest BCUT2D eigenvalue weighted by atomic mass is 10.3. The number of carbonyl (C=O) groups excluding carboxylic acids is 6. The van der Waals surface area contributed by atoms with Crippen LogP contribution in [-0.2, 0) is 47.7 Å². The molecule has 0 aromatic rings. The first-order valence-corrected chi connectivity index (χ1v) is 9.02. The number of ether oxygens (including phenoxy) is 4. The molecule has 170 valence electrons. The molecule has 0 amide bonds. The maximum atomic E-state index is 10.7. The van der Waals surface area contributed by atoms with Gasteiger partial charge in [0.1, 0.15) is 30.8 Å². The van der Waals surface area contributed by atoms with E-state index in [2.05, 4.69) is 18.9 Å². The van der Waals surface area contributed by atoms with E-state index in [9.17, 15) is 28.8 Å². The first kappa shape index (κ1) is 31.4. The molecule has 0 spiro atoms. The van der Waals surface area contributed by atoms with Gasteiger partial charge in [0.2, 0.25) is 0 Å². The Morgan fingerprint density at radius 2 is 1.00 bits per heavy atom. The molecule has 0 aliphatic carbocycles. The van der Waals surface area contributed by atoms with Crippen LogP contribution < -0.4 is 0 Å². The molecule has 0 aromatic heterocycles.